The Bertz CT molecular complexity index is 419. The van der Waals surface area contributed by atoms with Gasteiger partial charge < -0.3 is 10.1 Å². The summed E-state index contributed by atoms with van der Waals surface area (Å²) in [6.45, 7) is 7.90. The van der Waals surface area contributed by atoms with E-state index in [0.29, 0.717) is 25.2 Å². The van der Waals surface area contributed by atoms with Crippen LogP contribution in [0, 0.1) is 11.6 Å². The van der Waals surface area contributed by atoms with Crippen LogP contribution >= 0.6 is 15.9 Å². The summed E-state index contributed by atoms with van der Waals surface area (Å²) < 4.78 is 32.3. The first-order chi connectivity index (χ1) is 8.79. The van der Waals surface area contributed by atoms with Crippen molar-refractivity contribution in [3.63, 3.8) is 0 Å². The molecule has 5 heteroatoms. The molecule has 2 nitrogen and oxygen atoms in total. The summed E-state index contributed by atoms with van der Waals surface area (Å²) >= 11 is 2.95. The fourth-order valence-electron chi connectivity index (χ4n) is 1.54. The molecule has 1 N–H and O–H groups in total. The van der Waals surface area contributed by atoms with E-state index < -0.39 is 11.6 Å². The third-order valence-electron chi connectivity index (χ3n) is 2.51. The molecule has 0 saturated carbocycles. The van der Waals surface area contributed by atoms with Gasteiger partial charge in [-0.15, -0.1) is 0 Å². The molecule has 0 fully saturated rings. The van der Waals surface area contributed by atoms with Crippen LogP contribution < -0.4 is 5.32 Å². The molecule has 0 spiro atoms. The highest BCUT2D eigenvalue weighted by Gasteiger charge is 2.09. The highest BCUT2D eigenvalue weighted by Crippen LogP contribution is 2.20. The normalized spacial score (nSPS) is 11.9. The van der Waals surface area contributed by atoms with Crippen LogP contribution in [0.5, 0.6) is 0 Å². The summed E-state index contributed by atoms with van der Waals surface area (Å²) in [5.74, 6) is -0.865. The van der Waals surface area contributed by atoms with E-state index in [0.717, 1.165) is 12.6 Å². The molecule has 0 bridgehead atoms. The van der Waals surface area contributed by atoms with Crippen LogP contribution in [0.25, 0.3) is 0 Å². The molecule has 0 aromatic heterocycles. The molecule has 19 heavy (non-hydrogen) atoms. The summed E-state index contributed by atoms with van der Waals surface area (Å²) in [5, 5.41) is 3.28. The second-order valence-electron chi connectivity index (χ2n) is 5.40. The fourth-order valence-corrected chi connectivity index (χ4v) is 1.85. The van der Waals surface area contributed by atoms with Gasteiger partial charge in [-0.1, -0.05) is 0 Å². The Balaban J connectivity index is 2.28. The van der Waals surface area contributed by atoms with Crippen LogP contribution in [0.2, 0.25) is 0 Å². The monoisotopic (exact) mass is 335 g/mol. The van der Waals surface area contributed by atoms with Gasteiger partial charge in [-0.05, 0) is 60.8 Å². The van der Waals surface area contributed by atoms with Crippen LogP contribution in [0.3, 0.4) is 0 Å². The summed E-state index contributed by atoms with van der Waals surface area (Å²) in [5.41, 5.74) is 0.397. The van der Waals surface area contributed by atoms with Crippen molar-refractivity contribution in [2.75, 3.05) is 19.8 Å². The average Bonchev–Trinajstić information content (AvgIpc) is 2.28. The predicted octanol–water partition coefficient (Wildman–Crippen LogP) is 3.67. The molecular formula is C14H20BrF2NO. The molecule has 0 amide bonds. The van der Waals surface area contributed by atoms with Crippen molar-refractivity contribution in [1.82, 2.24) is 5.32 Å². The zero-order chi connectivity index (χ0) is 14.5. The first-order valence-corrected chi connectivity index (χ1v) is 7.05. The molecule has 0 aliphatic rings. The maximum absolute atomic E-state index is 13.5. The number of ether oxygens (including phenoxy) is 1. The summed E-state index contributed by atoms with van der Waals surface area (Å²) in [6.07, 6.45) is 0.367. The number of rotatable bonds is 6. The largest absolute Gasteiger partial charge is 0.380 e. The first-order valence-electron chi connectivity index (χ1n) is 6.26. The SMILES string of the molecule is CC(C)(C)NCCOCCc1cc(F)c(Br)cc1F. The van der Waals surface area contributed by atoms with Crippen molar-refractivity contribution in [3.05, 3.63) is 33.8 Å². The van der Waals surface area contributed by atoms with Crippen LogP contribution in [-0.2, 0) is 11.2 Å². The van der Waals surface area contributed by atoms with Crippen molar-refractivity contribution < 1.29 is 13.5 Å². The second kappa shape index (κ2) is 7.31. The van der Waals surface area contributed by atoms with E-state index in [1.165, 1.54) is 6.07 Å². The van der Waals surface area contributed by atoms with Crippen LogP contribution in [0.15, 0.2) is 16.6 Å². The number of halogens is 3. The van der Waals surface area contributed by atoms with Gasteiger partial charge in [-0.25, -0.2) is 8.78 Å². The van der Waals surface area contributed by atoms with Crippen molar-refractivity contribution in [2.45, 2.75) is 32.7 Å². The Morgan fingerprint density at radius 3 is 2.47 bits per heavy atom. The lowest BCUT2D eigenvalue weighted by Crippen LogP contribution is -2.38. The molecule has 0 aliphatic carbocycles. The smallest absolute Gasteiger partial charge is 0.137 e. The Kier molecular flexibility index (Phi) is 6.36. The van der Waals surface area contributed by atoms with E-state index in [1.54, 1.807) is 0 Å². The lowest BCUT2D eigenvalue weighted by atomic mass is 10.1. The molecule has 108 valence electrons. The highest BCUT2D eigenvalue weighted by atomic mass is 79.9. The first kappa shape index (κ1) is 16.5. The topological polar surface area (TPSA) is 21.3 Å². The van der Waals surface area contributed by atoms with E-state index in [2.05, 4.69) is 42.0 Å². The molecule has 0 radical (unpaired) electrons. The number of nitrogens with one attached hydrogen (secondary N) is 1. The lowest BCUT2D eigenvalue weighted by Gasteiger charge is -2.20. The fraction of sp³-hybridized carbons (Fsp3) is 0.571. The molecule has 1 rings (SSSR count). The number of benzene rings is 1. The van der Waals surface area contributed by atoms with Gasteiger partial charge in [-0.2, -0.15) is 0 Å². The third-order valence-corrected chi connectivity index (χ3v) is 3.11. The quantitative estimate of drug-likeness (QED) is 0.632. The molecular weight excluding hydrogens is 316 g/mol. The van der Waals surface area contributed by atoms with Gasteiger partial charge in [0.25, 0.3) is 0 Å². The number of hydrogen-bond donors (Lipinski definition) is 1. The van der Waals surface area contributed by atoms with Crippen LogP contribution in [-0.4, -0.2) is 25.3 Å². The van der Waals surface area contributed by atoms with Crippen molar-refractivity contribution in [3.8, 4) is 0 Å². The Hall–Kier alpha value is -0.520. The summed E-state index contributed by atoms with van der Waals surface area (Å²) in [6, 6.07) is 2.35. The maximum Gasteiger partial charge on any atom is 0.137 e. The second-order valence-corrected chi connectivity index (χ2v) is 6.25. The van der Waals surface area contributed by atoms with Gasteiger partial charge in [0.05, 0.1) is 17.7 Å². The minimum absolute atomic E-state index is 0.0598. The average molecular weight is 336 g/mol. The van der Waals surface area contributed by atoms with Gasteiger partial charge in [0, 0.05) is 12.1 Å². The van der Waals surface area contributed by atoms with Crippen molar-refractivity contribution >= 4 is 15.9 Å². The van der Waals surface area contributed by atoms with E-state index in [4.69, 9.17) is 4.74 Å². The Morgan fingerprint density at radius 1 is 1.16 bits per heavy atom. The maximum atomic E-state index is 13.5. The van der Waals surface area contributed by atoms with Gasteiger partial charge in [0.15, 0.2) is 0 Å². The lowest BCUT2D eigenvalue weighted by molar-refractivity contribution is 0.133. The Morgan fingerprint density at radius 2 is 1.84 bits per heavy atom. The van der Waals surface area contributed by atoms with Gasteiger partial charge in [-0.3, -0.25) is 0 Å². The van der Waals surface area contributed by atoms with Crippen LogP contribution in [0.1, 0.15) is 26.3 Å². The molecule has 1 aromatic rings. The van der Waals surface area contributed by atoms with Gasteiger partial charge in [0.2, 0.25) is 0 Å². The molecule has 0 saturated heterocycles. The third kappa shape index (κ3) is 6.45. The van der Waals surface area contributed by atoms with Crippen molar-refractivity contribution in [2.24, 2.45) is 0 Å². The van der Waals surface area contributed by atoms with Gasteiger partial charge in [0.1, 0.15) is 11.6 Å². The molecule has 0 aliphatic heterocycles. The minimum atomic E-state index is -0.453. The number of hydrogen-bond acceptors (Lipinski definition) is 2. The van der Waals surface area contributed by atoms with Crippen LogP contribution in [0.4, 0.5) is 8.78 Å². The van der Waals surface area contributed by atoms with E-state index in [1.807, 2.05) is 0 Å². The summed E-state index contributed by atoms with van der Waals surface area (Å²) in [7, 11) is 0. The minimum Gasteiger partial charge on any atom is -0.380 e. The molecule has 1 aromatic carbocycles. The molecule has 0 atom stereocenters. The standard InChI is InChI=1S/C14H20BrF2NO/c1-14(2,3)18-5-7-19-6-4-10-8-13(17)11(15)9-12(10)16/h8-9,18H,4-7H2,1-3H3. The molecule has 0 heterocycles. The highest BCUT2D eigenvalue weighted by molar-refractivity contribution is 9.10. The van der Waals surface area contributed by atoms with E-state index in [-0.39, 0.29) is 10.0 Å². The van der Waals surface area contributed by atoms with Crippen molar-refractivity contribution in [1.29, 1.82) is 0 Å². The van der Waals surface area contributed by atoms with E-state index in [9.17, 15) is 8.78 Å². The zero-order valence-corrected chi connectivity index (χ0v) is 13.1. The summed E-state index contributed by atoms with van der Waals surface area (Å²) in [4.78, 5) is 0. The van der Waals surface area contributed by atoms with Gasteiger partial charge >= 0.3 is 0 Å². The van der Waals surface area contributed by atoms with E-state index >= 15 is 0 Å². The predicted molar refractivity (Wildman–Crippen MR) is 76.3 cm³/mol. The molecule has 0 unspecified atom stereocenters. The zero-order valence-electron chi connectivity index (χ0n) is 11.5. The Labute approximate surface area is 121 Å².